The van der Waals surface area contributed by atoms with Crippen LogP contribution in [0.2, 0.25) is 0 Å². The van der Waals surface area contributed by atoms with Crippen LogP contribution < -0.4 is 19.6 Å². The van der Waals surface area contributed by atoms with Gasteiger partial charge < -0.3 is 9.47 Å². The lowest BCUT2D eigenvalue weighted by atomic mass is 9.91. The molecule has 0 aliphatic carbocycles. The number of thiazole rings is 1. The van der Waals surface area contributed by atoms with Crippen LogP contribution in [-0.4, -0.2) is 23.8 Å². The molecule has 1 aromatic heterocycles. The number of nitrogens with zero attached hydrogens (tertiary/aromatic N) is 2. The predicted octanol–water partition coefficient (Wildman–Crippen LogP) is 5.62. The predicted molar refractivity (Wildman–Crippen MR) is 164 cm³/mol. The standard InChI is InChI=1S/C34H32N2O4S/c1-5-20-40-27-18-12-23(13-19-27)21-28-32(37)36-31(26-16-14-24(15-17-26)22(3)4)29(33(38)39-6-2)30(35-34(36)41-28)25-10-8-7-9-11-25/h5,7-19,21-22,31H,1,6,20H2,2-4H3/b28-21-/t31-/m0/s1. The van der Waals surface area contributed by atoms with E-state index in [0.29, 0.717) is 33.1 Å². The van der Waals surface area contributed by atoms with Crippen LogP contribution in [0.4, 0.5) is 0 Å². The van der Waals surface area contributed by atoms with Gasteiger partial charge in [0.2, 0.25) is 0 Å². The van der Waals surface area contributed by atoms with Gasteiger partial charge in [0.15, 0.2) is 4.80 Å². The second-order valence-electron chi connectivity index (χ2n) is 9.92. The smallest absolute Gasteiger partial charge is 0.338 e. The molecule has 2 heterocycles. The molecule has 6 nitrogen and oxygen atoms in total. The lowest BCUT2D eigenvalue weighted by molar-refractivity contribution is -0.138. The summed E-state index contributed by atoms with van der Waals surface area (Å²) in [5.41, 5.74) is 4.27. The van der Waals surface area contributed by atoms with Gasteiger partial charge in [-0.3, -0.25) is 9.36 Å². The molecule has 208 valence electrons. The fraction of sp³-hybridized carbons (Fsp3) is 0.206. The number of hydrogen-bond donors (Lipinski definition) is 0. The number of aromatic nitrogens is 1. The summed E-state index contributed by atoms with van der Waals surface area (Å²) in [5, 5.41) is 0. The average molecular weight is 565 g/mol. The lowest BCUT2D eigenvalue weighted by Crippen LogP contribution is -2.40. The molecule has 0 amide bonds. The first-order chi connectivity index (χ1) is 19.9. The Kier molecular flexibility index (Phi) is 8.45. The molecule has 0 N–H and O–H groups in total. The largest absolute Gasteiger partial charge is 0.490 e. The maximum absolute atomic E-state index is 14.0. The molecule has 5 rings (SSSR count). The van der Waals surface area contributed by atoms with Crippen molar-refractivity contribution in [1.82, 2.24) is 4.57 Å². The maximum Gasteiger partial charge on any atom is 0.338 e. The number of carbonyl (C=O) groups is 1. The van der Waals surface area contributed by atoms with E-state index in [1.165, 1.54) is 16.9 Å². The topological polar surface area (TPSA) is 69.9 Å². The summed E-state index contributed by atoms with van der Waals surface area (Å²) < 4.78 is 13.3. The molecule has 0 saturated heterocycles. The van der Waals surface area contributed by atoms with Crippen molar-refractivity contribution in [3.63, 3.8) is 0 Å². The zero-order chi connectivity index (χ0) is 28.9. The van der Waals surface area contributed by atoms with E-state index < -0.39 is 12.0 Å². The van der Waals surface area contributed by atoms with Gasteiger partial charge in [-0.15, -0.1) is 0 Å². The number of rotatable bonds is 9. The third-order valence-corrected chi connectivity index (χ3v) is 7.82. The van der Waals surface area contributed by atoms with Gasteiger partial charge in [0.05, 0.1) is 28.5 Å². The third-order valence-electron chi connectivity index (χ3n) is 6.84. The Hall–Kier alpha value is -4.49. The van der Waals surface area contributed by atoms with Gasteiger partial charge in [0.25, 0.3) is 5.56 Å². The molecule has 0 spiro atoms. The highest BCUT2D eigenvalue weighted by atomic mass is 32.1. The minimum absolute atomic E-state index is 0.209. The zero-order valence-electron chi connectivity index (χ0n) is 23.4. The lowest BCUT2D eigenvalue weighted by Gasteiger charge is -2.26. The van der Waals surface area contributed by atoms with Gasteiger partial charge in [-0.2, -0.15) is 0 Å². The number of fused-ring (bicyclic) bond motifs is 1. The summed E-state index contributed by atoms with van der Waals surface area (Å²) in [6.07, 6.45) is 3.53. The van der Waals surface area contributed by atoms with Gasteiger partial charge in [-0.05, 0) is 47.7 Å². The molecular formula is C34H32N2O4S. The summed E-state index contributed by atoms with van der Waals surface area (Å²) in [6.45, 7) is 10.3. The van der Waals surface area contributed by atoms with Crippen molar-refractivity contribution in [2.75, 3.05) is 13.2 Å². The first-order valence-corrected chi connectivity index (χ1v) is 14.4. The van der Waals surface area contributed by atoms with Gasteiger partial charge in [-0.25, -0.2) is 9.79 Å². The number of hydrogen-bond acceptors (Lipinski definition) is 6. The third kappa shape index (κ3) is 5.86. The van der Waals surface area contributed by atoms with Crippen molar-refractivity contribution in [3.05, 3.63) is 139 Å². The van der Waals surface area contributed by atoms with E-state index in [1.807, 2.05) is 72.8 Å². The van der Waals surface area contributed by atoms with Crippen molar-refractivity contribution in [1.29, 1.82) is 0 Å². The normalized spacial score (nSPS) is 14.9. The van der Waals surface area contributed by atoms with Gasteiger partial charge in [0, 0.05) is 5.56 Å². The molecule has 7 heteroatoms. The monoisotopic (exact) mass is 564 g/mol. The Morgan fingerprint density at radius 2 is 1.76 bits per heavy atom. The van der Waals surface area contributed by atoms with Crippen LogP contribution in [-0.2, 0) is 9.53 Å². The SMILES string of the molecule is C=CCOc1ccc(/C=c2\sc3n(c2=O)[C@@H](c2ccc(C(C)C)cc2)C(C(=O)OCC)=C(c2ccccc2)N=3)cc1. The fourth-order valence-corrected chi connectivity index (χ4v) is 5.79. The first-order valence-electron chi connectivity index (χ1n) is 13.6. The summed E-state index contributed by atoms with van der Waals surface area (Å²) in [6, 6.07) is 24.5. The first kappa shape index (κ1) is 28.1. The van der Waals surface area contributed by atoms with Crippen molar-refractivity contribution < 1.29 is 14.3 Å². The molecule has 0 bridgehead atoms. The van der Waals surface area contributed by atoms with Crippen LogP contribution in [0.25, 0.3) is 11.8 Å². The summed E-state index contributed by atoms with van der Waals surface area (Å²) >= 11 is 1.30. The van der Waals surface area contributed by atoms with E-state index in [-0.39, 0.29) is 12.2 Å². The van der Waals surface area contributed by atoms with E-state index in [0.717, 1.165) is 22.4 Å². The van der Waals surface area contributed by atoms with Crippen LogP contribution in [0.1, 0.15) is 55.0 Å². The molecule has 0 radical (unpaired) electrons. The Morgan fingerprint density at radius 3 is 2.39 bits per heavy atom. The van der Waals surface area contributed by atoms with Gasteiger partial charge in [-0.1, -0.05) is 105 Å². The van der Waals surface area contributed by atoms with Gasteiger partial charge >= 0.3 is 5.97 Å². The van der Waals surface area contributed by atoms with Crippen molar-refractivity contribution in [3.8, 4) is 5.75 Å². The Morgan fingerprint density at radius 1 is 1.05 bits per heavy atom. The molecule has 3 aromatic carbocycles. The van der Waals surface area contributed by atoms with E-state index in [4.69, 9.17) is 14.5 Å². The quantitative estimate of drug-likeness (QED) is 0.195. The highest BCUT2D eigenvalue weighted by molar-refractivity contribution is 7.07. The van der Waals surface area contributed by atoms with E-state index in [1.54, 1.807) is 17.6 Å². The molecule has 1 aliphatic rings. The molecule has 41 heavy (non-hydrogen) atoms. The highest BCUT2D eigenvalue weighted by Gasteiger charge is 2.35. The number of benzene rings is 3. The van der Waals surface area contributed by atoms with Crippen LogP contribution in [0, 0.1) is 0 Å². The number of ether oxygens (including phenoxy) is 2. The minimum atomic E-state index is -0.696. The van der Waals surface area contributed by atoms with Crippen molar-refractivity contribution >= 4 is 29.1 Å². The van der Waals surface area contributed by atoms with Crippen LogP contribution in [0.15, 0.2) is 107 Å². The minimum Gasteiger partial charge on any atom is -0.490 e. The summed E-state index contributed by atoms with van der Waals surface area (Å²) in [7, 11) is 0. The van der Waals surface area contributed by atoms with Crippen LogP contribution in [0.5, 0.6) is 5.75 Å². The highest BCUT2D eigenvalue weighted by Crippen LogP contribution is 2.35. The summed E-state index contributed by atoms with van der Waals surface area (Å²) in [4.78, 5) is 33.0. The van der Waals surface area contributed by atoms with E-state index in [9.17, 15) is 9.59 Å². The van der Waals surface area contributed by atoms with Crippen LogP contribution >= 0.6 is 11.3 Å². The molecule has 0 unspecified atom stereocenters. The molecule has 1 aliphatic heterocycles. The zero-order valence-corrected chi connectivity index (χ0v) is 24.2. The van der Waals surface area contributed by atoms with Gasteiger partial charge in [0.1, 0.15) is 12.4 Å². The molecule has 4 aromatic rings. The number of carbonyl (C=O) groups excluding carboxylic acids is 1. The Labute approximate surface area is 243 Å². The van der Waals surface area contributed by atoms with Crippen LogP contribution in [0.3, 0.4) is 0 Å². The van der Waals surface area contributed by atoms with E-state index in [2.05, 4.69) is 32.6 Å². The average Bonchev–Trinajstić information content (AvgIpc) is 3.30. The maximum atomic E-state index is 14.0. The fourth-order valence-electron chi connectivity index (χ4n) is 4.79. The Bertz CT molecular complexity index is 1760. The second kappa shape index (κ2) is 12.4. The number of esters is 1. The molecule has 1 atom stereocenters. The molecule has 0 saturated carbocycles. The second-order valence-corrected chi connectivity index (χ2v) is 10.9. The van der Waals surface area contributed by atoms with E-state index >= 15 is 0 Å². The van der Waals surface area contributed by atoms with Crippen molar-refractivity contribution in [2.45, 2.75) is 32.7 Å². The molecule has 0 fully saturated rings. The summed E-state index contributed by atoms with van der Waals surface area (Å²) in [5.74, 6) is 0.580. The Balaban J connectivity index is 1.73. The van der Waals surface area contributed by atoms with Crippen molar-refractivity contribution in [2.24, 2.45) is 4.99 Å². The molecular weight excluding hydrogens is 532 g/mol.